The number of hydrogen-bond acceptors (Lipinski definition) is 4. The van der Waals surface area contributed by atoms with Gasteiger partial charge < -0.3 is 20.5 Å². The molecule has 5 heteroatoms. The first kappa shape index (κ1) is 15.6. The lowest BCUT2D eigenvalue weighted by Gasteiger charge is -2.19. The maximum absolute atomic E-state index is 12.3. The molecule has 0 saturated carbocycles. The van der Waals surface area contributed by atoms with Crippen molar-refractivity contribution in [2.24, 2.45) is 11.7 Å². The van der Waals surface area contributed by atoms with E-state index in [-0.39, 0.29) is 11.9 Å². The van der Waals surface area contributed by atoms with Gasteiger partial charge in [-0.1, -0.05) is 13.8 Å². The summed E-state index contributed by atoms with van der Waals surface area (Å²) in [6, 6.07) is 5.27. The van der Waals surface area contributed by atoms with Crippen molar-refractivity contribution >= 4 is 5.91 Å². The zero-order valence-corrected chi connectivity index (χ0v) is 12.7. The summed E-state index contributed by atoms with van der Waals surface area (Å²) in [5.41, 5.74) is 6.29. The second-order valence-electron chi connectivity index (χ2n) is 5.75. The first-order chi connectivity index (χ1) is 10.1. The lowest BCUT2D eigenvalue weighted by molar-refractivity contribution is 0.0933. The van der Waals surface area contributed by atoms with E-state index in [9.17, 15) is 4.79 Å². The molecule has 1 heterocycles. The zero-order chi connectivity index (χ0) is 15.2. The second kappa shape index (κ2) is 7.31. The Balaban J connectivity index is 2.07. The van der Waals surface area contributed by atoms with E-state index in [1.807, 2.05) is 0 Å². The minimum Gasteiger partial charge on any atom is -0.490 e. The van der Waals surface area contributed by atoms with Crippen molar-refractivity contribution in [2.45, 2.75) is 32.7 Å². The van der Waals surface area contributed by atoms with Crippen molar-refractivity contribution in [2.75, 3.05) is 19.8 Å². The average molecular weight is 292 g/mol. The summed E-state index contributed by atoms with van der Waals surface area (Å²) in [6.07, 6.45) is 1.71. The molecule has 21 heavy (non-hydrogen) atoms. The smallest absolute Gasteiger partial charge is 0.251 e. The van der Waals surface area contributed by atoms with Crippen LogP contribution in [-0.4, -0.2) is 31.7 Å². The predicted molar refractivity (Wildman–Crippen MR) is 81.8 cm³/mol. The van der Waals surface area contributed by atoms with Crippen molar-refractivity contribution in [1.82, 2.24) is 5.32 Å². The van der Waals surface area contributed by atoms with E-state index in [0.29, 0.717) is 42.7 Å². The summed E-state index contributed by atoms with van der Waals surface area (Å²) < 4.78 is 11.2. The van der Waals surface area contributed by atoms with Crippen LogP contribution in [-0.2, 0) is 0 Å². The van der Waals surface area contributed by atoms with Gasteiger partial charge in [0, 0.05) is 24.6 Å². The molecular formula is C16H24N2O3. The first-order valence-electron chi connectivity index (χ1n) is 7.50. The Bertz CT molecular complexity index is 488. The van der Waals surface area contributed by atoms with Crippen LogP contribution >= 0.6 is 0 Å². The Hall–Kier alpha value is -1.75. The maximum atomic E-state index is 12.3. The third-order valence-electron chi connectivity index (χ3n) is 3.39. The van der Waals surface area contributed by atoms with Crippen LogP contribution in [0.25, 0.3) is 0 Å². The number of ether oxygens (including phenoxy) is 2. The molecule has 116 valence electrons. The number of carbonyl (C=O) groups is 1. The number of fused-ring (bicyclic) bond motifs is 1. The third kappa shape index (κ3) is 4.36. The van der Waals surface area contributed by atoms with Crippen LogP contribution in [0.2, 0.25) is 0 Å². The molecule has 0 saturated heterocycles. The normalized spacial score (nSPS) is 15.4. The number of nitrogens with one attached hydrogen (secondary N) is 1. The molecule has 1 unspecified atom stereocenters. The summed E-state index contributed by atoms with van der Waals surface area (Å²) in [6.45, 7) is 5.91. The molecule has 0 bridgehead atoms. The molecule has 0 aromatic heterocycles. The number of rotatable bonds is 5. The lowest BCUT2D eigenvalue weighted by atomic mass is 10.0. The summed E-state index contributed by atoms with van der Waals surface area (Å²) in [7, 11) is 0. The molecular weight excluding hydrogens is 268 g/mol. The molecule has 1 aliphatic rings. The van der Waals surface area contributed by atoms with Gasteiger partial charge in [0.25, 0.3) is 5.91 Å². The fraction of sp³-hybridized carbons (Fsp3) is 0.562. The first-order valence-corrected chi connectivity index (χ1v) is 7.50. The Kier molecular flexibility index (Phi) is 5.44. The van der Waals surface area contributed by atoms with E-state index < -0.39 is 0 Å². The summed E-state index contributed by atoms with van der Waals surface area (Å²) in [5.74, 6) is 1.69. The van der Waals surface area contributed by atoms with Crippen molar-refractivity contribution in [3.8, 4) is 11.5 Å². The van der Waals surface area contributed by atoms with Crippen LogP contribution in [0.1, 0.15) is 37.0 Å². The van der Waals surface area contributed by atoms with Crippen LogP contribution < -0.4 is 20.5 Å². The minimum atomic E-state index is -0.123. The molecule has 5 nitrogen and oxygen atoms in total. The molecule has 1 aromatic rings. The van der Waals surface area contributed by atoms with Gasteiger partial charge in [-0.15, -0.1) is 0 Å². The third-order valence-corrected chi connectivity index (χ3v) is 3.39. The Labute approximate surface area is 125 Å². The zero-order valence-electron chi connectivity index (χ0n) is 12.7. The van der Waals surface area contributed by atoms with Crippen LogP contribution in [0.5, 0.6) is 11.5 Å². The molecule has 1 aromatic carbocycles. The number of amides is 1. The van der Waals surface area contributed by atoms with Crippen molar-refractivity contribution < 1.29 is 14.3 Å². The van der Waals surface area contributed by atoms with Gasteiger partial charge in [0.1, 0.15) is 0 Å². The largest absolute Gasteiger partial charge is 0.490 e. The van der Waals surface area contributed by atoms with E-state index in [2.05, 4.69) is 19.2 Å². The predicted octanol–water partition coefficient (Wildman–Crippen LogP) is 1.95. The highest BCUT2D eigenvalue weighted by atomic mass is 16.5. The van der Waals surface area contributed by atoms with Gasteiger partial charge in [0.05, 0.1) is 13.2 Å². The van der Waals surface area contributed by atoms with E-state index >= 15 is 0 Å². The molecule has 0 spiro atoms. The summed E-state index contributed by atoms with van der Waals surface area (Å²) in [4.78, 5) is 12.3. The molecule has 2 rings (SSSR count). The maximum Gasteiger partial charge on any atom is 0.251 e. The molecule has 1 atom stereocenters. The van der Waals surface area contributed by atoms with Gasteiger partial charge in [-0.3, -0.25) is 4.79 Å². The monoisotopic (exact) mass is 292 g/mol. The Morgan fingerprint density at radius 3 is 2.67 bits per heavy atom. The second-order valence-corrected chi connectivity index (χ2v) is 5.75. The fourth-order valence-electron chi connectivity index (χ4n) is 2.36. The van der Waals surface area contributed by atoms with Gasteiger partial charge in [0.15, 0.2) is 11.5 Å². The van der Waals surface area contributed by atoms with Crippen LogP contribution in [0.15, 0.2) is 18.2 Å². The highest BCUT2D eigenvalue weighted by Gasteiger charge is 2.17. The van der Waals surface area contributed by atoms with E-state index in [1.54, 1.807) is 18.2 Å². The lowest BCUT2D eigenvalue weighted by Crippen LogP contribution is -2.41. The van der Waals surface area contributed by atoms with Crippen molar-refractivity contribution in [3.05, 3.63) is 23.8 Å². The SMILES string of the molecule is CC(C)CC(CN)NC(=O)c1ccc2c(c1)OCCCO2. The average Bonchev–Trinajstić information content (AvgIpc) is 2.70. The number of carbonyl (C=O) groups excluding carboxylic acids is 1. The van der Waals surface area contributed by atoms with E-state index in [0.717, 1.165) is 12.8 Å². The van der Waals surface area contributed by atoms with Gasteiger partial charge in [0.2, 0.25) is 0 Å². The quantitative estimate of drug-likeness (QED) is 0.870. The topological polar surface area (TPSA) is 73.6 Å². The van der Waals surface area contributed by atoms with E-state index in [1.165, 1.54) is 0 Å². The fourth-order valence-corrected chi connectivity index (χ4v) is 2.36. The number of benzene rings is 1. The van der Waals surface area contributed by atoms with Gasteiger partial charge in [-0.05, 0) is 30.5 Å². The molecule has 1 aliphatic heterocycles. The summed E-state index contributed by atoms with van der Waals surface area (Å²) in [5, 5.41) is 2.98. The molecule has 1 amide bonds. The molecule has 3 N–H and O–H groups in total. The van der Waals surface area contributed by atoms with Crippen molar-refractivity contribution in [3.63, 3.8) is 0 Å². The Morgan fingerprint density at radius 1 is 1.29 bits per heavy atom. The number of hydrogen-bond donors (Lipinski definition) is 2. The highest BCUT2D eigenvalue weighted by molar-refractivity contribution is 5.95. The highest BCUT2D eigenvalue weighted by Crippen LogP contribution is 2.30. The number of nitrogens with two attached hydrogens (primary N) is 1. The van der Waals surface area contributed by atoms with Crippen molar-refractivity contribution in [1.29, 1.82) is 0 Å². The van der Waals surface area contributed by atoms with E-state index in [4.69, 9.17) is 15.2 Å². The van der Waals surface area contributed by atoms with Crippen LogP contribution in [0.4, 0.5) is 0 Å². The van der Waals surface area contributed by atoms with Gasteiger partial charge in [-0.2, -0.15) is 0 Å². The van der Waals surface area contributed by atoms with Crippen LogP contribution in [0.3, 0.4) is 0 Å². The molecule has 0 radical (unpaired) electrons. The standard InChI is InChI=1S/C16H24N2O3/c1-11(2)8-13(10-17)18-16(19)12-4-5-14-15(9-12)21-7-3-6-20-14/h4-5,9,11,13H,3,6-8,10,17H2,1-2H3,(H,18,19). The van der Waals surface area contributed by atoms with Gasteiger partial charge in [-0.25, -0.2) is 0 Å². The molecule has 0 fully saturated rings. The minimum absolute atomic E-state index is 0.00604. The Morgan fingerprint density at radius 2 is 2.00 bits per heavy atom. The molecule has 0 aliphatic carbocycles. The van der Waals surface area contributed by atoms with Crippen LogP contribution in [0, 0.1) is 5.92 Å². The van der Waals surface area contributed by atoms with Gasteiger partial charge >= 0.3 is 0 Å². The summed E-state index contributed by atoms with van der Waals surface area (Å²) >= 11 is 0.